The van der Waals surface area contributed by atoms with Gasteiger partial charge in [0.05, 0.1) is 17.5 Å². The predicted molar refractivity (Wildman–Crippen MR) is 127 cm³/mol. The van der Waals surface area contributed by atoms with Gasteiger partial charge in [0, 0.05) is 25.9 Å². The molecule has 2 N–H and O–H groups in total. The molecule has 0 saturated carbocycles. The molecule has 0 spiro atoms. The number of carbonyl (C=O) groups is 2. The van der Waals surface area contributed by atoms with Crippen LogP contribution < -0.4 is 10.6 Å². The highest BCUT2D eigenvalue weighted by molar-refractivity contribution is 7.98. The number of thioether (sulfide) groups is 1. The Morgan fingerprint density at radius 3 is 2.55 bits per heavy atom. The van der Waals surface area contributed by atoms with Crippen molar-refractivity contribution in [3.8, 4) is 0 Å². The van der Waals surface area contributed by atoms with Crippen LogP contribution >= 0.6 is 11.8 Å². The third-order valence-electron chi connectivity index (χ3n) is 4.85. The van der Waals surface area contributed by atoms with E-state index in [9.17, 15) is 18.0 Å². The summed E-state index contributed by atoms with van der Waals surface area (Å²) in [4.78, 5) is 23.9. The predicted octanol–water partition coefficient (Wildman–Crippen LogP) is 1.92. The summed E-state index contributed by atoms with van der Waals surface area (Å²) in [5.41, 5.74) is 1.15. The van der Waals surface area contributed by atoms with Crippen LogP contribution in [0.1, 0.15) is 25.2 Å². The Morgan fingerprint density at radius 1 is 1.15 bits per heavy atom. The molecule has 0 aliphatic rings. The van der Waals surface area contributed by atoms with Crippen molar-refractivity contribution in [1.29, 1.82) is 0 Å². The normalized spacial score (nSPS) is 12.6. The van der Waals surface area contributed by atoms with E-state index in [1.165, 1.54) is 38.2 Å². The van der Waals surface area contributed by atoms with Gasteiger partial charge in [0.2, 0.25) is 21.8 Å². The minimum atomic E-state index is -3.90. The number of aromatic nitrogens is 3. The van der Waals surface area contributed by atoms with Crippen molar-refractivity contribution in [2.75, 3.05) is 30.9 Å². The first-order valence-corrected chi connectivity index (χ1v) is 13.0. The molecule has 0 bridgehead atoms. The molecule has 3 rings (SSSR count). The highest BCUT2D eigenvalue weighted by Crippen LogP contribution is 2.20. The van der Waals surface area contributed by atoms with E-state index < -0.39 is 22.0 Å². The number of amides is 2. The lowest BCUT2D eigenvalue weighted by molar-refractivity contribution is -0.122. The van der Waals surface area contributed by atoms with Gasteiger partial charge in [-0.3, -0.25) is 14.0 Å². The third-order valence-corrected chi connectivity index (χ3v) is 7.31. The molecule has 0 aliphatic carbocycles. The summed E-state index contributed by atoms with van der Waals surface area (Å²) in [5, 5.41) is 13.9. The molecule has 176 valence electrons. The Kier molecular flexibility index (Phi) is 8.06. The van der Waals surface area contributed by atoms with E-state index >= 15 is 0 Å². The zero-order chi connectivity index (χ0) is 24.0. The number of rotatable bonds is 10. The highest BCUT2D eigenvalue weighted by atomic mass is 32.2. The van der Waals surface area contributed by atoms with Gasteiger partial charge in [0.1, 0.15) is 0 Å². The first-order valence-electron chi connectivity index (χ1n) is 10.1. The van der Waals surface area contributed by atoms with Crippen molar-refractivity contribution >= 4 is 44.9 Å². The number of sulfonamides is 1. The first kappa shape index (κ1) is 24.7. The Labute approximate surface area is 196 Å². The van der Waals surface area contributed by atoms with Gasteiger partial charge >= 0.3 is 0 Å². The molecule has 10 nitrogen and oxygen atoms in total. The van der Waals surface area contributed by atoms with E-state index in [-0.39, 0.29) is 17.3 Å². The van der Waals surface area contributed by atoms with E-state index in [0.717, 1.165) is 10.1 Å². The maximum absolute atomic E-state index is 12.9. The van der Waals surface area contributed by atoms with Crippen LogP contribution in [-0.2, 0) is 19.6 Å². The van der Waals surface area contributed by atoms with Gasteiger partial charge in [-0.1, -0.05) is 6.07 Å². The number of anilines is 1. The Balaban J connectivity index is 1.72. The summed E-state index contributed by atoms with van der Waals surface area (Å²) < 4.78 is 28.6. The van der Waals surface area contributed by atoms with E-state index in [1.54, 1.807) is 11.8 Å². The minimum absolute atomic E-state index is 0.0225. The minimum Gasteiger partial charge on any atom is -0.345 e. The first-order chi connectivity index (χ1) is 15.7. The lowest BCUT2D eigenvalue weighted by Gasteiger charge is -2.20. The second-order valence-electron chi connectivity index (χ2n) is 7.36. The number of pyridine rings is 1. The molecule has 1 unspecified atom stereocenters. The molecule has 2 heterocycles. The van der Waals surface area contributed by atoms with Crippen LogP contribution in [0, 0.1) is 0 Å². The van der Waals surface area contributed by atoms with Gasteiger partial charge in [-0.25, -0.2) is 8.42 Å². The van der Waals surface area contributed by atoms with Crippen molar-refractivity contribution in [2.24, 2.45) is 0 Å². The van der Waals surface area contributed by atoms with E-state index in [2.05, 4.69) is 20.8 Å². The number of hydrogen-bond acceptors (Lipinski definition) is 7. The average molecular weight is 491 g/mol. The van der Waals surface area contributed by atoms with Gasteiger partial charge in [-0.15, -0.1) is 10.2 Å². The molecule has 1 atom stereocenters. The zero-order valence-corrected chi connectivity index (χ0v) is 20.2. The van der Waals surface area contributed by atoms with Gasteiger partial charge < -0.3 is 10.6 Å². The fraction of sp³-hybridized carbons (Fsp3) is 0.333. The molecule has 1 aromatic carbocycles. The van der Waals surface area contributed by atoms with Crippen molar-refractivity contribution in [3.05, 3.63) is 54.5 Å². The SMILES string of the molecule is CSCCC(NC(=O)CN(C)S(=O)(=O)c1ccc(NC(C)=O)cc1)c1nnc2ccccn12. The van der Waals surface area contributed by atoms with Crippen LogP contribution in [0.4, 0.5) is 5.69 Å². The summed E-state index contributed by atoms with van der Waals surface area (Å²) >= 11 is 1.64. The van der Waals surface area contributed by atoms with E-state index in [4.69, 9.17) is 0 Å². The van der Waals surface area contributed by atoms with Gasteiger partial charge in [0.15, 0.2) is 11.5 Å². The summed E-state index contributed by atoms with van der Waals surface area (Å²) in [7, 11) is -2.55. The zero-order valence-electron chi connectivity index (χ0n) is 18.6. The van der Waals surface area contributed by atoms with Crippen molar-refractivity contribution in [3.63, 3.8) is 0 Å². The van der Waals surface area contributed by atoms with Crippen LogP contribution in [0.2, 0.25) is 0 Å². The van der Waals surface area contributed by atoms with Crippen molar-refractivity contribution in [1.82, 2.24) is 24.2 Å². The Bertz CT molecular complexity index is 1230. The maximum atomic E-state index is 12.9. The molecule has 0 saturated heterocycles. The smallest absolute Gasteiger partial charge is 0.243 e. The van der Waals surface area contributed by atoms with Crippen LogP contribution in [0.25, 0.3) is 5.65 Å². The van der Waals surface area contributed by atoms with Crippen LogP contribution in [0.3, 0.4) is 0 Å². The van der Waals surface area contributed by atoms with Gasteiger partial charge in [-0.05, 0) is 54.8 Å². The van der Waals surface area contributed by atoms with Crippen molar-refractivity contribution in [2.45, 2.75) is 24.3 Å². The lowest BCUT2D eigenvalue weighted by atomic mass is 10.2. The monoisotopic (exact) mass is 490 g/mol. The lowest BCUT2D eigenvalue weighted by Crippen LogP contribution is -2.40. The molecule has 3 aromatic rings. The highest BCUT2D eigenvalue weighted by Gasteiger charge is 2.26. The number of nitrogens with one attached hydrogen (secondary N) is 2. The molecule has 12 heteroatoms. The quantitative estimate of drug-likeness (QED) is 0.445. The second-order valence-corrected chi connectivity index (χ2v) is 10.4. The summed E-state index contributed by atoms with van der Waals surface area (Å²) in [6.45, 7) is 1.01. The molecule has 0 radical (unpaired) electrons. The average Bonchev–Trinajstić information content (AvgIpc) is 3.20. The van der Waals surface area contributed by atoms with Crippen molar-refractivity contribution < 1.29 is 18.0 Å². The Hall–Kier alpha value is -2.96. The van der Waals surface area contributed by atoms with Crippen LogP contribution in [-0.4, -0.2) is 64.7 Å². The molecule has 0 aliphatic heterocycles. The van der Waals surface area contributed by atoms with Crippen LogP contribution in [0.5, 0.6) is 0 Å². The second kappa shape index (κ2) is 10.8. The number of hydrogen-bond donors (Lipinski definition) is 2. The maximum Gasteiger partial charge on any atom is 0.243 e. The standard InChI is InChI=1S/C21H26N6O4S2/c1-15(28)22-16-7-9-17(10-8-16)33(30,31)26(2)14-20(29)23-18(11-13-32-3)21-25-24-19-6-4-5-12-27(19)21/h4-10,12,18H,11,13-14H2,1-3H3,(H,22,28)(H,23,29). The van der Waals surface area contributed by atoms with Gasteiger partial charge in [-0.2, -0.15) is 16.1 Å². The number of benzene rings is 1. The molecular formula is C21H26N6O4S2. The van der Waals surface area contributed by atoms with E-state index in [1.807, 2.05) is 35.1 Å². The summed E-state index contributed by atoms with van der Waals surface area (Å²) in [6.07, 6.45) is 4.41. The van der Waals surface area contributed by atoms with Gasteiger partial charge in [0.25, 0.3) is 0 Å². The number of nitrogens with zero attached hydrogens (tertiary/aromatic N) is 4. The fourth-order valence-electron chi connectivity index (χ4n) is 3.22. The summed E-state index contributed by atoms with van der Waals surface area (Å²) in [5.74, 6) is 0.666. The van der Waals surface area contributed by atoms with E-state index in [0.29, 0.717) is 23.6 Å². The molecule has 33 heavy (non-hydrogen) atoms. The molecular weight excluding hydrogens is 464 g/mol. The number of fused-ring (bicyclic) bond motifs is 1. The van der Waals surface area contributed by atoms with Crippen LogP contribution in [0.15, 0.2) is 53.6 Å². The number of likely N-dealkylation sites (N-methyl/N-ethyl adjacent to an activating group) is 1. The Morgan fingerprint density at radius 2 is 1.88 bits per heavy atom. The number of carbonyl (C=O) groups excluding carboxylic acids is 2. The molecule has 2 amide bonds. The molecule has 0 fully saturated rings. The summed E-state index contributed by atoms with van der Waals surface area (Å²) in [6, 6.07) is 10.9. The molecule has 2 aromatic heterocycles. The largest absolute Gasteiger partial charge is 0.345 e. The third kappa shape index (κ3) is 6.09. The fourth-order valence-corrected chi connectivity index (χ4v) is 4.82. The topological polar surface area (TPSA) is 126 Å².